The van der Waals surface area contributed by atoms with E-state index in [0.29, 0.717) is 5.89 Å². The van der Waals surface area contributed by atoms with Crippen LogP contribution in [0.3, 0.4) is 0 Å². The van der Waals surface area contributed by atoms with E-state index in [4.69, 9.17) is 4.52 Å². The quantitative estimate of drug-likeness (QED) is 0.773. The summed E-state index contributed by atoms with van der Waals surface area (Å²) in [5.41, 5.74) is 0.753. The lowest BCUT2D eigenvalue weighted by Gasteiger charge is -2.10. The van der Waals surface area contributed by atoms with E-state index in [1.54, 1.807) is 6.07 Å². The largest absolute Gasteiger partial charge is 0.385 e. The highest BCUT2D eigenvalue weighted by atomic mass is 19.1. The van der Waals surface area contributed by atoms with Crippen molar-refractivity contribution in [1.29, 1.82) is 0 Å². The summed E-state index contributed by atoms with van der Waals surface area (Å²) in [6, 6.07) is 6.53. The van der Waals surface area contributed by atoms with Gasteiger partial charge < -0.3 is 9.84 Å². The minimum atomic E-state index is -0.212. The minimum Gasteiger partial charge on any atom is -0.385 e. The summed E-state index contributed by atoms with van der Waals surface area (Å²) in [7, 11) is 0. The lowest BCUT2D eigenvalue weighted by atomic mass is 9.96. The number of hydrogen-bond donors (Lipinski definition) is 1. The Kier molecular flexibility index (Phi) is 5.52. The molecule has 1 N–H and O–H groups in total. The van der Waals surface area contributed by atoms with E-state index in [1.807, 2.05) is 6.07 Å². The number of benzene rings is 1. The van der Waals surface area contributed by atoms with Crippen molar-refractivity contribution >= 4 is 5.69 Å². The molecule has 2 aromatic rings. The van der Waals surface area contributed by atoms with Gasteiger partial charge in [0.1, 0.15) is 5.82 Å². The maximum Gasteiger partial charge on any atom is 0.226 e. The molecule has 0 aliphatic rings. The summed E-state index contributed by atoms with van der Waals surface area (Å²) in [4.78, 5) is 4.42. The molecule has 4 nitrogen and oxygen atoms in total. The first-order chi connectivity index (χ1) is 10.4. The Bertz CT molecular complexity index is 590. The van der Waals surface area contributed by atoms with Crippen molar-refractivity contribution in [2.45, 2.75) is 51.9 Å². The summed E-state index contributed by atoms with van der Waals surface area (Å²) in [5, 5.41) is 7.23. The van der Waals surface area contributed by atoms with Crippen LogP contribution < -0.4 is 5.32 Å². The van der Waals surface area contributed by atoms with Crippen molar-refractivity contribution in [2.75, 3.05) is 11.9 Å². The van der Waals surface area contributed by atoms with Gasteiger partial charge in [-0.2, -0.15) is 4.98 Å². The highest BCUT2D eigenvalue weighted by molar-refractivity contribution is 5.42. The molecule has 0 amide bonds. The van der Waals surface area contributed by atoms with E-state index in [0.717, 1.165) is 43.7 Å². The Hall–Kier alpha value is -1.91. The average Bonchev–Trinajstić information content (AvgIpc) is 2.91. The SMILES string of the molecule is CC(C)(C)c1noc(CCCCCNc2cccc(F)c2)n1. The van der Waals surface area contributed by atoms with E-state index >= 15 is 0 Å². The Labute approximate surface area is 131 Å². The van der Waals surface area contributed by atoms with Crippen LogP contribution in [0, 0.1) is 5.82 Å². The smallest absolute Gasteiger partial charge is 0.226 e. The molecular formula is C17H24FN3O. The lowest BCUT2D eigenvalue weighted by molar-refractivity contribution is 0.359. The van der Waals surface area contributed by atoms with Gasteiger partial charge in [-0.1, -0.05) is 38.4 Å². The molecule has 0 spiro atoms. The third-order valence-electron chi connectivity index (χ3n) is 3.36. The second kappa shape index (κ2) is 7.38. The third kappa shape index (κ3) is 5.13. The molecule has 1 aromatic heterocycles. The van der Waals surface area contributed by atoms with Gasteiger partial charge in [0.15, 0.2) is 5.82 Å². The van der Waals surface area contributed by atoms with Gasteiger partial charge in [0.05, 0.1) is 0 Å². The van der Waals surface area contributed by atoms with Crippen LogP contribution in [0.15, 0.2) is 28.8 Å². The maximum atomic E-state index is 13.0. The van der Waals surface area contributed by atoms with Crippen LogP contribution in [0.5, 0.6) is 0 Å². The molecule has 0 radical (unpaired) electrons. The van der Waals surface area contributed by atoms with E-state index in [2.05, 4.69) is 36.2 Å². The van der Waals surface area contributed by atoms with Gasteiger partial charge >= 0.3 is 0 Å². The van der Waals surface area contributed by atoms with E-state index in [9.17, 15) is 4.39 Å². The monoisotopic (exact) mass is 305 g/mol. The molecule has 0 bridgehead atoms. The predicted molar refractivity (Wildman–Crippen MR) is 85.4 cm³/mol. The fourth-order valence-electron chi connectivity index (χ4n) is 2.07. The standard InChI is InChI=1S/C17H24FN3O/c1-17(2,3)16-20-15(22-21-16)10-5-4-6-11-19-14-9-7-8-13(18)12-14/h7-9,12,19H,4-6,10-11H2,1-3H3. The summed E-state index contributed by atoms with van der Waals surface area (Å²) >= 11 is 0. The molecule has 1 heterocycles. The van der Waals surface area contributed by atoms with Gasteiger partial charge in [-0.05, 0) is 31.0 Å². The van der Waals surface area contributed by atoms with Crippen molar-refractivity contribution < 1.29 is 8.91 Å². The predicted octanol–water partition coefficient (Wildman–Crippen LogP) is 4.33. The topological polar surface area (TPSA) is 51.0 Å². The zero-order valence-corrected chi connectivity index (χ0v) is 13.5. The van der Waals surface area contributed by atoms with Gasteiger partial charge in [-0.3, -0.25) is 0 Å². The molecular weight excluding hydrogens is 281 g/mol. The van der Waals surface area contributed by atoms with Crippen LogP contribution in [-0.4, -0.2) is 16.7 Å². The second-order valence-corrected chi connectivity index (χ2v) is 6.51. The molecule has 5 heteroatoms. The number of aryl methyl sites for hydroxylation is 1. The van der Waals surface area contributed by atoms with E-state index in [-0.39, 0.29) is 11.2 Å². The normalized spacial score (nSPS) is 11.6. The Morgan fingerprint density at radius 1 is 1.18 bits per heavy atom. The second-order valence-electron chi connectivity index (χ2n) is 6.51. The van der Waals surface area contributed by atoms with Crippen LogP contribution in [0.4, 0.5) is 10.1 Å². The number of unbranched alkanes of at least 4 members (excludes halogenated alkanes) is 2. The molecule has 0 atom stereocenters. The summed E-state index contributed by atoms with van der Waals surface area (Å²) in [5.74, 6) is 1.26. The van der Waals surface area contributed by atoms with Crippen molar-refractivity contribution in [3.05, 3.63) is 41.8 Å². The maximum absolute atomic E-state index is 13.0. The number of aromatic nitrogens is 2. The van der Waals surface area contributed by atoms with Gasteiger partial charge in [0.2, 0.25) is 5.89 Å². The van der Waals surface area contributed by atoms with E-state index in [1.165, 1.54) is 12.1 Å². The van der Waals surface area contributed by atoms with E-state index < -0.39 is 0 Å². The lowest BCUT2D eigenvalue weighted by Crippen LogP contribution is -2.13. The number of halogens is 1. The first kappa shape index (κ1) is 16.5. The van der Waals surface area contributed by atoms with Gasteiger partial charge in [0, 0.05) is 24.1 Å². The molecule has 120 valence electrons. The van der Waals surface area contributed by atoms with Crippen molar-refractivity contribution in [1.82, 2.24) is 10.1 Å². The highest BCUT2D eigenvalue weighted by Crippen LogP contribution is 2.19. The van der Waals surface area contributed by atoms with Crippen LogP contribution in [0.1, 0.15) is 51.7 Å². The molecule has 0 aliphatic carbocycles. The highest BCUT2D eigenvalue weighted by Gasteiger charge is 2.20. The van der Waals surface area contributed by atoms with Crippen LogP contribution >= 0.6 is 0 Å². The first-order valence-electron chi connectivity index (χ1n) is 7.77. The molecule has 0 aliphatic heterocycles. The average molecular weight is 305 g/mol. The Balaban J connectivity index is 1.62. The Morgan fingerprint density at radius 2 is 2.00 bits per heavy atom. The molecule has 0 saturated carbocycles. The number of anilines is 1. The minimum absolute atomic E-state index is 0.0728. The molecule has 0 unspecified atom stereocenters. The first-order valence-corrected chi connectivity index (χ1v) is 7.77. The Morgan fingerprint density at radius 3 is 2.68 bits per heavy atom. The fraction of sp³-hybridized carbons (Fsp3) is 0.529. The summed E-state index contributed by atoms with van der Waals surface area (Å²) in [6.07, 6.45) is 3.91. The fourth-order valence-corrected chi connectivity index (χ4v) is 2.07. The van der Waals surface area contributed by atoms with Crippen LogP contribution in [-0.2, 0) is 11.8 Å². The molecule has 2 rings (SSSR count). The van der Waals surface area contributed by atoms with Crippen molar-refractivity contribution in [2.24, 2.45) is 0 Å². The summed E-state index contributed by atoms with van der Waals surface area (Å²) < 4.78 is 18.3. The zero-order valence-electron chi connectivity index (χ0n) is 13.5. The molecule has 22 heavy (non-hydrogen) atoms. The van der Waals surface area contributed by atoms with Crippen molar-refractivity contribution in [3.8, 4) is 0 Å². The zero-order chi connectivity index (χ0) is 16.0. The van der Waals surface area contributed by atoms with Crippen LogP contribution in [0.2, 0.25) is 0 Å². The third-order valence-corrected chi connectivity index (χ3v) is 3.36. The van der Waals surface area contributed by atoms with Gasteiger partial charge in [-0.15, -0.1) is 0 Å². The number of nitrogens with one attached hydrogen (secondary N) is 1. The number of rotatable bonds is 7. The number of hydrogen-bond acceptors (Lipinski definition) is 4. The summed E-state index contributed by atoms with van der Waals surface area (Å²) in [6.45, 7) is 7.04. The molecule has 1 aromatic carbocycles. The number of nitrogens with zero attached hydrogens (tertiary/aromatic N) is 2. The van der Waals surface area contributed by atoms with Gasteiger partial charge in [-0.25, -0.2) is 4.39 Å². The van der Waals surface area contributed by atoms with Crippen LogP contribution in [0.25, 0.3) is 0 Å². The van der Waals surface area contributed by atoms with Crippen molar-refractivity contribution in [3.63, 3.8) is 0 Å². The van der Waals surface area contributed by atoms with Gasteiger partial charge in [0.25, 0.3) is 0 Å². The molecule has 0 fully saturated rings. The molecule has 0 saturated heterocycles.